The van der Waals surface area contributed by atoms with Gasteiger partial charge in [0.1, 0.15) is 11.6 Å². The van der Waals surface area contributed by atoms with Gasteiger partial charge in [0, 0.05) is 15.2 Å². The normalized spacial score (nSPS) is 10.8. The number of anilines is 1. The van der Waals surface area contributed by atoms with Crippen molar-refractivity contribution in [1.82, 2.24) is 0 Å². The number of esters is 1. The molecule has 0 unspecified atom stereocenters. The van der Waals surface area contributed by atoms with E-state index in [-0.39, 0.29) is 18.8 Å². The summed E-state index contributed by atoms with van der Waals surface area (Å²) < 4.78 is 16.1. The molecule has 0 fully saturated rings. The Balaban J connectivity index is 2.26. The molecule has 0 radical (unpaired) electrons. The summed E-state index contributed by atoms with van der Waals surface area (Å²) in [6, 6.07) is 10.1. The molecule has 0 saturated heterocycles. The van der Waals surface area contributed by atoms with Crippen molar-refractivity contribution in [2.24, 2.45) is 0 Å². The zero-order valence-corrected chi connectivity index (χ0v) is 19.5. The summed E-state index contributed by atoms with van der Waals surface area (Å²) in [5.41, 5.74) is 1.73. The van der Waals surface area contributed by atoms with Crippen molar-refractivity contribution in [1.29, 1.82) is 5.26 Å². The van der Waals surface area contributed by atoms with Gasteiger partial charge in [-0.25, -0.2) is 4.79 Å². The van der Waals surface area contributed by atoms with E-state index >= 15 is 0 Å². The van der Waals surface area contributed by atoms with Crippen LogP contribution < -0.4 is 14.8 Å². The first-order valence-electron chi connectivity index (χ1n) is 9.14. The van der Waals surface area contributed by atoms with Crippen molar-refractivity contribution in [3.8, 4) is 17.6 Å². The predicted octanol–water partition coefficient (Wildman–Crippen LogP) is 4.91. The highest BCUT2D eigenvalue weighted by atomic mass is 79.9. The van der Waals surface area contributed by atoms with Crippen LogP contribution in [0, 0.1) is 18.3 Å². The molecule has 0 saturated carbocycles. The highest BCUT2D eigenvalue weighted by Gasteiger charge is 2.15. The molecular weight excluding hydrogens is 488 g/mol. The van der Waals surface area contributed by atoms with Crippen LogP contribution >= 0.6 is 27.5 Å². The molecule has 1 amide bonds. The van der Waals surface area contributed by atoms with Crippen LogP contribution in [0.25, 0.3) is 6.08 Å². The number of benzene rings is 2. The van der Waals surface area contributed by atoms with Crippen LogP contribution in [0.3, 0.4) is 0 Å². The third kappa shape index (κ3) is 6.74. The Hall–Kier alpha value is -3.02. The van der Waals surface area contributed by atoms with Gasteiger partial charge in [-0.15, -0.1) is 0 Å². The number of halogens is 2. The lowest BCUT2D eigenvalue weighted by atomic mass is 10.1. The van der Waals surface area contributed by atoms with E-state index in [9.17, 15) is 14.9 Å². The monoisotopic (exact) mass is 506 g/mol. The lowest BCUT2D eigenvalue weighted by Crippen LogP contribution is -2.15. The summed E-state index contributed by atoms with van der Waals surface area (Å²) in [5.74, 6) is -0.473. The predicted molar refractivity (Wildman–Crippen MR) is 121 cm³/mol. The van der Waals surface area contributed by atoms with Crippen LogP contribution in [0.4, 0.5) is 5.69 Å². The van der Waals surface area contributed by atoms with Gasteiger partial charge in [-0.2, -0.15) is 5.26 Å². The van der Waals surface area contributed by atoms with E-state index in [4.69, 9.17) is 25.8 Å². The number of amides is 1. The minimum absolute atomic E-state index is 0.125. The Kier molecular flexibility index (Phi) is 8.91. The number of hydrogen-bond donors (Lipinski definition) is 1. The number of aryl methyl sites for hydroxylation is 1. The molecule has 0 aliphatic rings. The molecule has 162 valence electrons. The summed E-state index contributed by atoms with van der Waals surface area (Å²) in [7, 11) is 1.44. The Morgan fingerprint density at radius 1 is 1.26 bits per heavy atom. The fourth-order valence-electron chi connectivity index (χ4n) is 2.45. The molecule has 2 aromatic rings. The highest BCUT2D eigenvalue weighted by Crippen LogP contribution is 2.34. The van der Waals surface area contributed by atoms with E-state index in [1.54, 1.807) is 37.3 Å². The number of rotatable bonds is 8. The molecule has 9 heteroatoms. The molecule has 0 bridgehead atoms. The third-order valence-corrected chi connectivity index (χ3v) is 5.12. The van der Waals surface area contributed by atoms with Crippen molar-refractivity contribution in [2.45, 2.75) is 13.8 Å². The second-order valence-corrected chi connectivity index (χ2v) is 7.47. The number of carbonyl (C=O) groups excluding carboxylic acids is 2. The summed E-state index contributed by atoms with van der Waals surface area (Å²) in [5, 5.41) is 12.6. The maximum atomic E-state index is 12.5. The van der Waals surface area contributed by atoms with Crippen LogP contribution in [0.2, 0.25) is 5.02 Å². The summed E-state index contributed by atoms with van der Waals surface area (Å²) >= 11 is 9.46. The second-order valence-electron chi connectivity index (χ2n) is 6.21. The molecule has 2 aromatic carbocycles. The van der Waals surface area contributed by atoms with E-state index in [1.165, 1.54) is 13.2 Å². The quantitative estimate of drug-likeness (QED) is 0.310. The topological polar surface area (TPSA) is 97.7 Å². The van der Waals surface area contributed by atoms with E-state index in [1.807, 2.05) is 13.0 Å². The first-order chi connectivity index (χ1) is 14.8. The molecule has 0 spiro atoms. The van der Waals surface area contributed by atoms with Gasteiger partial charge in [-0.3, -0.25) is 4.79 Å². The maximum absolute atomic E-state index is 12.5. The van der Waals surface area contributed by atoms with Gasteiger partial charge in [0.15, 0.2) is 18.1 Å². The molecule has 0 aliphatic carbocycles. The Morgan fingerprint density at radius 3 is 2.61 bits per heavy atom. The molecule has 0 heterocycles. The largest absolute Gasteiger partial charge is 0.493 e. The maximum Gasteiger partial charge on any atom is 0.344 e. The average molecular weight is 508 g/mol. The van der Waals surface area contributed by atoms with Crippen molar-refractivity contribution in [2.75, 3.05) is 25.6 Å². The van der Waals surface area contributed by atoms with E-state index < -0.39 is 11.9 Å². The molecule has 31 heavy (non-hydrogen) atoms. The number of hydrogen-bond acceptors (Lipinski definition) is 6. The van der Waals surface area contributed by atoms with Crippen LogP contribution in [-0.2, 0) is 14.3 Å². The smallest absolute Gasteiger partial charge is 0.344 e. The van der Waals surface area contributed by atoms with Gasteiger partial charge in [-0.1, -0.05) is 33.6 Å². The number of nitrogens with one attached hydrogen (secondary N) is 1. The molecule has 7 nitrogen and oxygen atoms in total. The number of carbonyl (C=O) groups is 2. The standard InChI is InChI=1S/C22H20BrClN2O5/c1-4-30-21(27)12-31-20-10-17(23)14(8-19(20)29-3)7-15(11-25)22(28)26-16-6-5-13(2)18(24)9-16/h5-10H,4,12H2,1-3H3,(H,26,28)/b15-7-. The van der Waals surface area contributed by atoms with Crippen LogP contribution in [0.15, 0.2) is 40.4 Å². The molecular formula is C22H20BrClN2O5. The fourth-order valence-corrected chi connectivity index (χ4v) is 3.06. The third-order valence-electron chi connectivity index (χ3n) is 4.03. The summed E-state index contributed by atoms with van der Waals surface area (Å²) in [6.07, 6.45) is 1.41. The van der Waals surface area contributed by atoms with Gasteiger partial charge in [0.05, 0.1) is 13.7 Å². The van der Waals surface area contributed by atoms with Gasteiger partial charge in [0.25, 0.3) is 5.91 Å². The molecule has 0 atom stereocenters. The number of nitrogens with zero attached hydrogens (tertiary/aromatic N) is 1. The van der Waals surface area contributed by atoms with Crippen LogP contribution in [0.1, 0.15) is 18.1 Å². The first-order valence-corrected chi connectivity index (χ1v) is 10.3. The molecule has 2 rings (SSSR count). The molecule has 1 N–H and O–H groups in total. The molecule has 0 aliphatic heterocycles. The van der Waals surface area contributed by atoms with Crippen molar-refractivity contribution in [3.05, 3.63) is 56.5 Å². The van der Waals surface area contributed by atoms with Gasteiger partial charge < -0.3 is 19.5 Å². The minimum atomic E-state index is -0.587. The van der Waals surface area contributed by atoms with Gasteiger partial charge in [-0.05, 0) is 55.3 Å². The minimum Gasteiger partial charge on any atom is -0.493 e. The first kappa shape index (κ1) is 24.3. The number of nitriles is 1. The van der Waals surface area contributed by atoms with Crippen molar-refractivity contribution < 1.29 is 23.8 Å². The summed E-state index contributed by atoms with van der Waals surface area (Å²) in [4.78, 5) is 24.1. The number of ether oxygens (including phenoxy) is 3. The Bertz CT molecular complexity index is 1060. The lowest BCUT2D eigenvalue weighted by molar-refractivity contribution is -0.145. The van der Waals surface area contributed by atoms with Gasteiger partial charge in [0.2, 0.25) is 0 Å². The Morgan fingerprint density at radius 2 is 2.00 bits per heavy atom. The lowest BCUT2D eigenvalue weighted by Gasteiger charge is -2.12. The number of methoxy groups -OCH3 is 1. The van der Waals surface area contributed by atoms with Crippen LogP contribution in [0.5, 0.6) is 11.5 Å². The zero-order valence-electron chi connectivity index (χ0n) is 17.1. The Labute approximate surface area is 193 Å². The second kappa shape index (κ2) is 11.4. The van der Waals surface area contributed by atoms with Crippen LogP contribution in [-0.4, -0.2) is 32.2 Å². The van der Waals surface area contributed by atoms with Crippen molar-refractivity contribution >= 4 is 51.2 Å². The van der Waals surface area contributed by atoms with E-state index in [0.29, 0.717) is 32.2 Å². The molecule has 0 aromatic heterocycles. The SMILES string of the molecule is CCOC(=O)COc1cc(Br)c(/C=C(/C#N)C(=O)Nc2ccc(C)c(Cl)c2)cc1OC. The zero-order chi connectivity index (χ0) is 23.0. The fraction of sp³-hybridized carbons (Fsp3) is 0.227. The van der Waals surface area contributed by atoms with Gasteiger partial charge >= 0.3 is 5.97 Å². The average Bonchev–Trinajstić information content (AvgIpc) is 2.74. The van der Waals surface area contributed by atoms with Crippen molar-refractivity contribution in [3.63, 3.8) is 0 Å². The van der Waals surface area contributed by atoms with E-state index in [2.05, 4.69) is 21.2 Å². The summed E-state index contributed by atoms with van der Waals surface area (Å²) in [6.45, 7) is 3.52. The highest BCUT2D eigenvalue weighted by molar-refractivity contribution is 9.10. The van der Waals surface area contributed by atoms with E-state index in [0.717, 1.165) is 5.56 Å².